The van der Waals surface area contributed by atoms with E-state index in [0.717, 1.165) is 11.1 Å². The molecule has 2 aromatic rings. The number of benzene rings is 2. The van der Waals surface area contributed by atoms with Gasteiger partial charge < -0.3 is 9.64 Å². The third-order valence-corrected chi connectivity index (χ3v) is 6.21. The molecule has 2 saturated heterocycles. The van der Waals surface area contributed by atoms with Gasteiger partial charge in [-0.15, -0.1) is 0 Å². The second-order valence-electron chi connectivity index (χ2n) is 7.65. The summed E-state index contributed by atoms with van der Waals surface area (Å²) in [7, 11) is 1.56. The van der Waals surface area contributed by atoms with Gasteiger partial charge in [-0.05, 0) is 48.4 Å². The number of hydrogen-bond acceptors (Lipinski definition) is 5. The fraction of sp³-hybridized carbons (Fsp3) is 0.261. The Hall–Kier alpha value is -3.41. The van der Waals surface area contributed by atoms with Gasteiger partial charge in [-0.3, -0.25) is 14.4 Å². The van der Waals surface area contributed by atoms with Crippen molar-refractivity contribution in [1.82, 2.24) is 4.90 Å². The second kappa shape index (κ2) is 6.30. The number of ketones is 1. The standard InChI is InChI=1S/C23H20N2O4/c1-13(26)20-18-19(21-17-6-4-3-5-14(17)11-12-24(20)21)23(28)25(22(18)27)15-7-9-16(29-2)10-8-15/h3-12,18-21H,1-2H3/t18-,19+,20+,21-/m1/s1. The largest absolute Gasteiger partial charge is 0.497 e. The van der Waals surface area contributed by atoms with Gasteiger partial charge >= 0.3 is 0 Å². The van der Waals surface area contributed by atoms with Crippen LogP contribution in [-0.2, 0) is 14.4 Å². The Morgan fingerprint density at radius 1 is 0.966 bits per heavy atom. The van der Waals surface area contributed by atoms with Crippen molar-refractivity contribution in [3.8, 4) is 5.75 Å². The number of hydrogen-bond donors (Lipinski definition) is 0. The van der Waals surface area contributed by atoms with Crippen LogP contribution in [0.25, 0.3) is 6.08 Å². The zero-order chi connectivity index (χ0) is 20.3. The molecule has 3 aliphatic rings. The SMILES string of the molecule is COc1ccc(N2C(=O)[C@@H]3[C@H](C2=O)[C@H]2c4ccccc4C=CN2[C@H]3C(C)=O)cc1. The van der Waals surface area contributed by atoms with Crippen molar-refractivity contribution in [1.29, 1.82) is 0 Å². The van der Waals surface area contributed by atoms with Crippen LogP contribution < -0.4 is 9.64 Å². The lowest BCUT2D eigenvalue weighted by Gasteiger charge is -2.34. The smallest absolute Gasteiger partial charge is 0.240 e. The van der Waals surface area contributed by atoms with Crippen LogP contribution in [0.2, 0.25) is 0 Å². The number of methoxy groups -OCH3 is 1. The zero-order valence-electron chi connectivity index (χ0n) is 16.1. The Balaban J connectivity index is 1.62. The number of amides is 2. The highest BCUT2D eigenvalue weighted by Gasteiger charge is 2.63. The van der Waals surface area contributed by atoms with Crippen molar-refractivity contribution in [2.75, 3.05) is 12.0 Å². The van der Waals surface area contributed by atoms with Gasteiger partial charge in [0, 0.05) is 6.20 Å². The van der Waals surface area contributed by atoms with Gasteiger partial charge in [0.2, 0.25) is 11.8 Å². The second-order valence-corrected chi connectivity index (χ2v) is 7.65. The molecular weight excluding hydrogens is 368 g/mol. The molecule has 146 valence electrons. The quantitative estimate of drug-likeness (QED) is 0.757. The Morgan fingerprint density at radius 2 is 1.66 bits per heavy atom. The Kier molecular flexibility index (Phi) is 3.84. The van der Waals surface area contributed by atoms with Crippen LogP contribution in [0.4, 0.5) is 5.69 Å². The van der Waals surface area contributed by atoms with E-state index in [2.05, 4.69) is 0 Å². The number of Topliss-reactive ketones (excluding diaryl/α,β-unsaturated/α-hetero) is 1. The molecule has 5 rings (SSSR count). The van der Waals surface area contributed by atoms with Crippen molar-refractivity contribution >= 4 is 29.4 Å². The van der Waals surface area contributed by atoms with E-state index in [9.17, 15) is 14.4 Å². The van der Waals surface area contributed by atoms with Gasteiger partial charge in [0.1, 0.15) is 5.75 Å². The fourth-order valence-electron chi connectivity index (χ4n) is 5.01. The highest BCUT2D eigenvalue weighted by atomic mass is 16.5. The molecule has 2 aromatic carbocycles. The molecule has 6 nitrogen and oxygen atoms in total. The van der Waals surface area contributed by atoms with Gasteiger partial charge in [-0.1, -0.05) is 24.3 Å². The maximum absolute atomic E-state index is 13.5. The first-order valence-electron chi connectivity index (χ1n) is 9.60. The average molecular weight is 388 g/mol. The summed E-state index contributed by atoms with van der Waals surface area (Å²) in [6.45, 7) is 1.49. The van der Waals surface area contributed by atoms with E-state index >= 15 is 0 Å². The maximum atomic E-state index is 13.5. The summed E-state index contributed by atoms with van der Waals surface area (Å²) in [5.41, 5.74) is 2.50. The van der Waals surface area contributed by atoms with E-state index in [1.54, 1.807) is 31.4 Å². The van der Waals surface area contributed by atoms with E-state index in [-0.39, 0.29) is 23.6 Å². The first kappa shape index (κ1) is 17.7. The minimum atomic E-state index is -0.692. The molecule has 6 heteroatoms. The number of carbonyl (C=O) groups is 3. The number of ether oxygens (including phenoxy) is 1. The van der Waals surface area contributed by atoms with E-state index in [1.165, 1.54) is 11.8 Å². The summed E-state index contributed by atoms with van der Waals surface area (Å²) < 4.78 is 5.17. The minimum absolute atomic E-state index is 0.107. The van der Waals surface area contributed by atoms with Crippen molar-refractivity contribution in [3.05, 3.63) is 65.9 Å². The number of fused-ring (bicyclic) bond motifs is 5. The van der Waals surface area contributed by atoms with Crippen molar-refractivity contribution in [2.45, 2.75) is 19.0 Å². The molecule has 0 N–H and O–H groups in total. The molecule has 0 bridgehead atoms. The molecule has 0 unspecified atom stereocenters. The third-order valence-electron chi connectivity index (χ3n) is 6.21. The summed E-state index contributed by atoms with van der Waals surface area (Å²) in [6, 6.07) is 13.7. The molecule has 0 aromatic heterocycles. The zero-order valence-corrected chi connectivity index (χ0v) is 16.1. The lowest BCUT2D eigenvalue weighted by molar-refractivity contribution is -0.129. The minimum Gasteiger partial charge on any atom is -0.497 e. The Labute approximate surface area is 168 Å². The molecule has 29 heavy (non-hydrogen) atoms. The highest BCUT2D eigenvalue weighted by Crippen LogP contribution is 2.53. The first-order valence-corrected chi connectivity index (χ1v) is 9.60. The van der Waals surface area contributed by atoms with Crippen LogP contribution in [-0.4, -0.2) is 35.6 Å². The number of anilines is 1. The van der Waals surface area contributed by atoms with Crippen LogP contribution in [0, 0.1) is 11.8 Å². The van der Waals surface area contributed by atoms with E-state index < -0.39 is 17.9 Å². The summed E-state index contributed by atoms with van der Waals surface area (Å²) >= 11 is 0. The molecular formula is C23H20N2O4. The van der Waals surface area contributed by atoms with Gasteiger partial charge in [-0.25, -0.2) is 4.90 Å². The highest BCUT2D eigenvalue weighted by molar-refractivity contribution is 6.24. The summed E-state index contributed by atoms with van der Waals surface area (Å²) in [6.07, 6.45) is 3.80. The topological polar surface area (TPSA) is 66.9 Å². The van der Waals surface area contributed by atoms with Crippen molar-refractivity contribution in [3.63, 3.8) is 0 Å². The molecule has 3 aliphatic heterocycles. The molecule has 4 atom stereocenters. The molecule has 0 aliphatic carbocycles. The lowest BCUT2D eigenvalue weighted by atomic mass is 9.84. The third kappa shape index (κ3) is 2.38. The monoisotopic (exact) mass is 388 g/mol. The van der Waals surface area contributed by atoms with Gasteiger partial charge in [-0.2, -0.15) is 0 Å². The number of rotatable bonds is 3. The van der Waals surface area contributed by atoms with Crippen molar-refractivity contribution in [2.24, 2.45) is 11.8 Å². The van der Waals surface area contributed by atoms with Crippen molar-refractivity contribution < 1.29 is 19.1 Å². The normalized spacial score (nSPS) is 27.0. The molecule has 2 fully saturated rings. The van der Waals surface area contributed by atoms with Crippen LogP contribution in [0.15, 0.2) is 54.7 Å². The molecule has 0 saturated carbocycles. The number of nitrogens with zero attached hydrogens (tertiary/aromatic N) is 2. The molecule has 0 spiro atoms. The van der Waals surface area contributed by atoms with Gasteiger partial charge in [0.05, 0.1) is 36.7 Å². The lowest BCUT2D eigenvalue weighted by Crippen LogP contribution is -2.43. The van der Waals surface area contributed by atoms with Crippen LogP contribution in [0.5, 0.6) is 5.75 Å². The summed E-state index contributed by atoms with van der Waals surface area (Å²) in [5.74, 6) is -1.32. The Morgan fingerprint density at radius 3 is 2.34 bits per heavy atom. The summed E-state index contributed by atoms with van der Waals surface area (Å²) in [4.78, 5) is 42.6. The van der Waals surface area contributed by atoms with E-state index in [4.69, 9.17) is 4.74 Å². The summed E-state index contributed by atoms with van der Waals surface area (Å²) in [5, 5.41) is 0. The predicted molar refractivity (Wildman–Crippen MR) is 107 cm³/mol. The molecule has 0 radical (unpaired) electrons. The maximum Gasteiger partial charge on any atom is 0.240 e. The number of imide groups is 1. The molecule has 3 heterocycles. The predicted octanol–water partition coefficient (Wildman–Crippen LogP) is 2.80. The van der Waals surface area contributed by atoms with E-state index in [0.29, 0.717) is 11.4 Å². The van der Waals surface area contributed by atoms with Gasteiger partial charge in [0.15, 0.2) is 5.78 Å². The fourth-order valence-corrected chi connectivity index (χ4v) is 5.01. The van der Waals surface area contributed by atoms with Crippen LogP contribution in [0.3, 0.4) is 0 Å². The van der Waals surface area contributed by atoms with Crippen LogP contribution in [0.1, 0.15) is 24.1 Å². The van der Waals surface area contributed by atoms with E-state index in [1.807, 2.05) is 41.4 Å². The number of carbonyl (C=O) groups excluding carboxylic acids is 3. The molecule has 2 amide bonds. The van der Waals surface area contributed by atoms with Crippen LogP contribution >= 0.6 is 0 Å². The van der Waals surface area contributed by atoms with Gasteiger partial charge in [0.25, 0.3) is 0 Å². The first-order chi connectivity index (χ1) is 14.0. The average Bonchev–Trinajstić information content (AvgIpc) is 3.21. The Bertz CT molecular complexity index is 1060.